The lowest BCUT2D eigenvalue weighted by atomic mass is 10.2. The van der Waals surface area contributed by atoms with Gasteiger partial charge in [0.25, 0.3) is 0 Å². The minimum absolute atomic E-state index is 0.713. The Morgan fingerprint density at radius 2 is 2.16 bits per heavy atom. The smallest absolute Gasteiger partial charge is 0.137 e. The van der Waals surface area contributed by atoms with Gasteiger partial charge in [-0.2, -0.15) is 0 Å². The molecular weight excluding hydrogens is 258 g/mol. The Morgan fingerprint density at radius 1 is 1.21 bits per heavy atom. The normalized spacial score (nSPS) is 10.7. The van der Waals surface area contributed by atoms with Crippen molar-refractivity contribution < 1.29 is 0 Å². The zero-order chi connectivity index (χ0) is 13.1. The Kier molecular flexibility index (Phi) is 3.24. The number of thiazole rings is 1. The molecule has 0 spiro atoms. The lowest BCUT2D eigenvalue weighted by Crippen LogP contribution is -2.07. The highest BCUT2D eigenvalue weighted by molar-refractivity contribution is 7.07. The first-order chi connectivity index (χ1) is 9.33. The van der Waals surface area contributed by atoms with Gasteiger partial charge in [-0.1, -0.05) is 0 Å². The zero-order valence-electron chi connectivity index (χ0n) is 10.2. The summed E-state index contributed by atoms with van der Waals surface area (Å²) >= 11 is 1.61. The van der Waals surface area contributed by atoms with Gasteiger partial charge in [0.15, 0.2) is 0 Å². The Labute approximate surface area is 114 Å². The summed E-state index contributed by atoms with van der Waals surface area (Å²) in [7, 11) is 0. The number of nitrogens with one attached hydrogen (secondary N) is 1. The van der Waals surface area contributed by atoms with E-state index in [0.717, 1.165) is 35.4 Å². The number of anilines is 2. The van der Waals surface area contributed by atoms with Crippen molar-refractivity contribution in [3.8, 4) is 0 Å². The Balaban J connectivity index is 1.78. The van der Waals surface area contributed by atoms with Gasteiger partial charge >= 0.3 is 0 Å². The molecule has 2 aromatic heterocycles. The Hall–Kier alpha value is -2.21. The number of rotatable bonds is 4. The summed E-state index contributed by atoms with van der Waals surface area (Å²) < 4.78 is 0. The van der Waals surface area contributed by atoms with Gasteiger partial charge in [-0.05, 0) is 18.2 Å². The van der Waals surface area contributed by atoms with Crippen LogP contribution in [-0.4, -0.2) is 21.5 Å². The zero-order valence-corrected chi connectivity index (χ0v) is 11.0. The van der Waals surface area contributed by atoms with Crippen LogP contribution in [0.1, 0.15) is 5.69 Å². The molecule has 1 aromatic carbocycles. The van der Waals surface area contributed by atoms with Crippen LogP contribution >= 0.6 is 11.3 Å². The summed E-state index contributed by atoms with van der Waals surface area (Å²) in [5.41, 5.74) is 10.3. The molecular formula is C13H13N5S. The summed E-state index contributed by atoms with van der Waals surface area (Å²) in [6.45, 7) is 0.782. The first-order valence-corrected chi connectivity index (χ1v) is 6.88. The molecule has 0 unspecified atom stereocenters. The lowest BCUT2D eigenvalue weighted by Gasteiger charge is -2.07. The van der Waals surface area contributed by atoms with E-state index in [0.29, 0.717) is 5.69 Å². The predicted octanol–water partition coefficient (Wildman–Crippen LogP) is 2.32. The molecule has 5 nitrogen and oxygen atoms in total. The SMILES string of the molecule is Nc1ccc2ncnc(NCCc3cscn3)c2c1. The van der Waals surface area contributed by atoms with Crippen LogP contribution in [-0.2, 0) is 6.42 Å². The first kappa shape index (κ1) is 11.9. The van der Waals surface area contributed by atoms with E-state index < -0.39 is 0 Å². The molecule has 0 aliphatic heterocycles. The van der Waals surface area contributed by atoms with Gasteiger partial charge in [-0.15, -0.1) is 11.3 Å². The number of nitrogens with two attached hydrogens (primary N) is 1. The summed E-state index contributed by atoms with van der Waals surface area (Å²) in [4.78, 5) is 12.7. The second-order valence-corrected chi connectivity index (χ2v) is 4.87. The fourth-order valence-corrected chi connectivity index (χ4v) is 2.48. The lowest BCUT2D eigenvalue weighted by molar-refractivity contribution is 0.968. The summed E-state index contributed by atoms with van der Waals surface area (Å²) in [5, 5.41) is 6.31. The second-order valence-electron chi connectivity index (χ2n) is 4.16. The van der Waals surface area contributed by atoms with Gasteiger partial charge in [-0.25, -0.2) is 15.0 Å². The van der Waals surface area contributed by atoms with Crippen LogP contribution in [0.5, 0.6) is 0 Å². The predicted molar refractivity (Wildman–Crippen MR) is 78.3 cm³/mol. The summed E-state index contributed by atoms with van der Waals surface area (Å²) in [5.74, 6) is 0.813. The highest BCUT2D eigenvalue weighted by Crippen LogP contribution is 2.21. The standard InChI is InChI=1S/C13H13N5S/c14-9-1-2-12-11(5-9)13(17-7-16-12)15-4-3-10-6-19-8-18-10/h1-2,5-8H,3-4,14H2,(H,15,16,17). The summed E-state index contributed by atoms with van der Waals surface area (Å²) in [6.07, 6.45) is 2.43. The van der Waals surface area contributed by atoms with E-state index in [-0.39, 0.29) is 0 Å². The quantitative estimate of drug-likeness (QED) is 0.712. The molecule has 0 amide bonds. The van der Waals surface area contributed by atoms with Crippen LogP contribution in [0.25, 0.3) is 10.9 Å². The first-order valence-electron chi connectivity index (χ1n) is 5.94. The maximum absolute atomic E-state index is 5.81. The van der Waals surface area contributed by atoms with Crippen molar-refractivity contribution in [2.24, 2.45) is 0 Å². The van der Waals surface area contributed by atoms with Crippen molar-refractivity contribution in [2.45, 2.75) is 6.42 Å². The van der Waals surface area contributed by atoms with Crippen molar-refractivity contribution in [1.29, 1.82) is 0 Å². The van der Waals surface area contributed by atoms with Crippen molar-refractivity contribution in [3.63, 3.8) is 0 Å². The van der Waals surface area contributed by atoms with E-state index in [1.165, 1.54) is 0 Å². The third-order valence-electron chi connectivity index (χ3n) is 2.82. The van der Waals surface area contributed by atoms with Crippen LogP contribution in [0.4, 0.5) is 11.5 Å². The molecule has 0 bridgehead atoms. The monoisotopic (exact) mass is 271 g/mol. The van der Waals surface area contributed by atoms with E-state index >= 15 is 0 Å². The average molecular weight is 271 g/mol. The van der Waals surface area contributed by atoms with Gasteiger partial charge < -0.3 is 11.1 Å². The number of hydrogen-bond donors (Lipinski definition) is 2. The highest BCUT2D eigenvalue weighted by atomic mass is 32.1. The Bertz CT molecular complexity index is 681. The number of nitrogens with zero attached hydrogens (tertiary/aromatic N) is 3. The van der Waals surface area contributed by atoms with Gasteiger partial charge in [-0.3, -0.25) is 0 Å². The van der Waals surface area contributed by atoms with E-state index in [2.05, 4.69) is 25.6 Å². The summed E-state index contributed by atoms with van der Waals surface area (Å²) in [6, 6.07) is 5.63. The van der Waals surface area contributed by atoms with E-state index in [9.17, 15) is 0 Å². The average Bonchev–Trinajstić information content (AvgIpc) is 2.92. The van der Waals surface area contributed by atoms with Crippen molar-refractivity contribution in [1.82, 2.24) is 15.0 Å². The van der Waals surface area contributed by atoms with Crippen molar-refractivity contribution in [3.05, 3.63) is 41.1 Å². The molecule has 0 atom stereocenters. The number of benzene rings is 1. The molecule has 96 valence electrons. The molecule has 0 aliphatic carbocycles. The van der Waals surface area contributed by atoms with Gasteiger partial charge in [0.1, 0.15) is 12.1 Å². The minimum Gasteiger partial charge on any atom is -0.399 e. The topological polar surface area (TPSA) is 76.7 Å². The molecule has 3 aromatic rings. The molecule has 6 heteroatoms. The molecule has 0 aliphatic rings. The Morgan fingerprint density at radius 3 is 3.00 bits per heavy atom. The molecule has 0 saturated carbocycles. The van der Waals surface area contributed by atoms with E-state index in [1.807, 2.05) is 23.7 Å². The van der Waals surface area contributed by atoms with Crippen molar-refractivity contribution >= 4 is 33.7 Å². The molecule has 2 heterocycles. The molecule has 0 saturated heterocycles. The maximum atomic E-state index is 5.81. The minimum atomic E-state index is 0.713. The molecule has 19 heavy (non-hydrogen) atoms. The van der Waals surface area contributed by atoms with E-state index in [1.54, 1.807) is 17.7 Å². The maximum Gasteiger partial charge on any atom is 0.137 e. The molecule has 3 rings (SSSR count). The number of hydrogen-bond acceptors (Lipinski definition) is 6. The number of aromatic nitrogens is 3. The van der Waals surface area contributed by atoms with Crippen LogP contribution in [0.3, 0.4) is 0 Å². The van der Waals surface area contributed by atoms with Crippen LogP contribution in [0.15, 0.2) is 35.4 Å². The molecule has 3 N–H and O–H groups in total. The third kappa shape index (κ3) is 2.63. The van der Waals surface area contributed by atoms with Crippen LogP contribution < -0.4 is 11.1 Å². The molecule has 0 fully saturated rings. The van der Waals surface area contributed by atoms with Crippen LogP contribution in [0.2, 0.25) is 0 Å². The van der Waals surface area contributed by atoms with Gasteiger partial charge in [0.2, 0.25) is 0 Å². The van der Waals surface area contributed by atoms with Crippen LogP contribution in [0, 0.1) is 0 Å². The van der Waals surface area contributed by atoms with Crippen molar-refractivity contribution in [2.75, 3.05) is 17.6 Å². The number of nitrogen functional groups attached to an aromatic ring is 1. The van der Waals surface area contributed by atoms with E-state index in [4.69, 9.17) is 5.73 Å². The highest BCUT2D eigenvalue weighted by Gasteiger charge is 2.04. The van der Waals surface area contributed by atoms with Gasteiger partial charge in [0, 0.05) is 29.4 Å². The second kappa shape index (κ2) is 5.19. The molecule has 0 radical (unpaired) electrons. The third-order valence-corrected chi connectivity index (χ3v) is 3.45. The largest absolute Gasteiger partial charge is 0.399 e. The fraction of sp³-hybridized carbons (Fsp3) is 0.154. The fourth-order valence-electron chi connectivity index (χ4n) is 1.89. The number of fused-ring (bicyclic) bond motifs is 1. The van der Waals surface area contributed by atoms with Gasteiger partial charge in [0.05, 0.1) is 16.7 Å².